The molecule has 0 aromatic heterocycles. The average molecular weight is 251 g/mol. The van der Waals surface area contributed by atoms with E-state index in [1.807, 2.05) is 6.07 Å². The summed E-state index contributed by atoms with van der Waals surface area (Å²) in [5.41, 5.74) is 6.59. The molecule has 1 fully saturated rings. The van der Waals surface area contributed by atoms with Crippen molar-refractivity contribution in [2.24, 2.45) is 0 Å². The molecule has 4 heteroatoms. The Kier molecular flexibility index (Phi) is 4.81. The lowest BCUT2D eigenvalue weighted by Crippen LogP contribution is -2.30. The highest BCUT2D eigenvalue weighted by Gasteiger charge is 2.09. The van der Waals surface area contributed by atoms with Gasteiger partial charge in [-0.3, -0.25) is 0 Å². The van der Waals surface area contributed by atoms with Gasteiger partial charge in [0.05, 0.1) is 11.4 Å². The summed E-state index contributed by atoms with van der Waals surface area (Å²) >= 11 is 0. The minimum atomic E-state index is -0.352. The Morgan fingerprint density at radius 2 is 1.89 bits per heavy atom. The standard InChI is InChI=1S/C14H22FN3/c15-12-6-5-7-13(14(12)16)17-8-11-18-9-3-1-2-4-10-18/h5-7,17H,1-4,8-11,16H2. The van der Waals surface area contributed by atoms with Crippen molar-refractivity contribution < 1.29 is 4.39 Å². The predicted molar refractivity (Wildman–Crippen MR) is 74.2 cm³/mol. The lowest BCUT2D eigenvalue weighted by Gasteiger charge is -2.20. The fourth-order valence-electron chi connectivity index (χ4n) is 2.40. The molecule has 100 valence electrons. The van der Waals surface area contributed by atoms with E-state index in [0.717, 1.165) is 13.1 Å². The monoisotopic (exact) mass is 251 g/mol. The van der Waals surface area contributed by atoms with E-state index in [2.05, 4.69) is 10.2 Å². The molecule has 2 rings (SSSR count). The maximum absolute atomic E-state index is 13.2. The first kappa shape index (κ1) is 13.1. The van der Waals surface area contributed by atoms with Gasteiger partial charge in [-0.15, -0.1) is 0 Å². The zero-order chi connectivity index (χ0) is 12.8. The Hall–Kier alpha value is -1.29. The molecule has 1 aliphatic heterocycles. The largest absolute Gasteiger partial charge is 0.395 e. The van der Waals surface area contributed by atoms with E-state index < -0.39 is 0 Å². The molecule has 0 aliphatic carbocycles. The van der Waals surface area contributed by atoms with Gasteiger partial charge >= 0.3 is 0 Å². The summed E-state index contributed by atoms with van der Waals surface area (Å²) in [5, 5.41) is 3.21. The van der Waals surface area contributed by atoms with Gasteiger partial charge in [-0.1, -0.05) is 18.9 Å². The van der Waals surface area contributed by atoms with Crippen LogP contribution in [0.15, 0.2) is 18.2 Å². The molecule has 1 saturated heterocycles. The number of para-hydroxylation sites is 1. The van der Waals surface area contributed by atoms with Crippen molar-refractivity contribution in [3.8, 4) is 0 Å². The molecule has 0 spiro atoms. The van der Waals surface area contributed by atoms with Crippen LogP contribution in [-0.2, 0) is 0 Å². The molecule has 0 amide bonds. The van der Waals surface area contributed by atoms with Gasteiger partial charge in [0.15, 0.2) is 0 Å². The van der Waals surface area contributed by atoms with Gasteiger partial charge in [-0.2, -0.15) is 0 Å². The Morgan fingerprint density at radius 3 is 2.61 bits per heavy atom. The fourth-order valence-corrected chi connectivity index (χ4v) is 2.40. The summed E-state index contributed by atoms with van der Waals surface area (Å²) in [6.07, 6.45) is 5.28. The van der Waals surface area contributed by atoms with Gasteiger partial charge in [0.25, 0.3) is 0 Å². The SMILES string of the molecule is Nc1c(F)cccc1NCCN1CCCCCC1. The molecule has 0 radical (unpaired) electrons. The molecule has 18 heavy (non-hydrogen) atoms. The number of likely N-dealkylation sites (tertiary alicyclic amines) is 1. The summed E-state index contributed by atoms with van der Waals surface area (Å²) < 4.78 is 13.2. The molecule has 0 atom stereocenters. The van der Waals surface area contributed by atoms with Gasteiger partial charge in [0, 0.05) is 13.1 Å². The van der Waals surface area contributed by atoms with E-state index in [-0.39, 0.29) is 11.5 Å². The maximum atomic E-state index is 13.2. The molecule has 3 N–H and O–H groups in total. The molecule has 0 saturated carbocycles. The summed E-state index contributed by atoms with van der Waals surface area (Å²) in [5.74, 6) is -0.352. The van der Waals surface area contributed by atoms with Crippen LogP contribution in [0.3, 0.4) is 0 Å². The van der Waals surface area contributed by atoms with Crippen molar-refractivity contribution in [1.82, 2.24) is 4.90 Å². The Morgan fingerprint density at radius 1 is 1.17 bits per heavy atom. The summed E-state index contributed by atoms with van der Waals surface area (Å²) in [4.78, 5) is 2.47. The number of rotatable bonds is 4. The fraction of sp³-hybridized carbons (Fsp3) is 0.571. The third-order valence-electron chi connectivity index (χ3n) is 3.50. The zero-order valence-electron chi connectivity index (χ0n) is 10.8. The van der Waals surface area contributed by atoms with Gasteiger partial charge in [-0.05, 0) is 38.1 Å². The number of nitrogens with two attached hydrogens (primary N) is 1. The molecule has 1 heterocycles. The molecule has 1 aromatic rings. The van der Waals surface area contributed by atoms with Gasteiger partial charge in [-0.25, -0.2) is 4.39 Å². The van der Waals surface area contributed by atoms with Crippen LogP contribution < -0.4 is 11.1 Å². The lowest BCUT2D eigenvalue weighted by atomic mass is 10.2. The quantitative estimate of drug-likeness (QED) is 0.808. The van der Waals surface area contributed by atoms with Crippen LogP contribution in [0.2, 0.25) is 0 Å². The van der Waals surface area contributed by atoms with E-state index in [1.165, 1.54) is 44.8 Å². The molecule has 1 aliphatic rings. The van der Waals surface area contributed by atoms with Crippen LogP contribution in [0.25, 0.3) is 0 Å². The predicted octanol–water partition coefficient (Wildman–Crippen LogP) is 2.70. The smallest absolute Gasteiger partial charge is 0.148 e. The normalized spacial score (nSPS) is 17.4. The summed E-state index contributed by atoms with van der Waals surface area (Å²) in [7, 11) is 0. The molecule has 0 unspecified atom stereocenters. The highest BCUT2D eigenvalue weighted by Crippen LogP contribution is 2.20. The lowest BCUT2D eigenvalue weighted by molar-refractivity contribution is 0.296. The van der Waals surface area contributed by atoms with Crippen molar-refractivity contribution in [2.75, 3.05) is 37.2 Å². The Balaban J connectivity index is 1.79. The number of nitrogens with zero attached hydrogens (tertiary/aromatic N) is 1. The second-order valence-corrected chi connectivity index (χ2v) is 4.88. The second-order valence-electron chi connectivity index (χ2n) is 4.88. The van der Waals surface area contributed by atoms with Crippen molar-refractivity contribution >= 4 is 11.4 Å². The van der Waals surface area contributed by atoms with Crippen LogP contribution >= 0.6 is 0 Å². The number of benzene rings is 1. The molecule has 1 aromatic carbocycles. The zero-order valence-corrected chi connectivity index (χ0v) is 10.8. The van der Waals surface area contributed by atoms with E-state index in [4.69, 9.17) is 5.73 Å². The third kappa shape index (κ3) is 3.60. The van der Waals surface area contributed by atoms with Crippen LogP contribution in [0.4, 0.5) is 15.8 Å². The second kappa shape index (κ2) is 6.59. The van der Waals surface area contributed by atoms with Crippen molar-refractivity contribution in [2.45, 2.75) is 25.7 Å². The molecule has 3 nitrogen and oxygen atoms in total. The van der Waals surface area contributed by atoms with Crippen LogP contribution in [0, 0.1) is 5.82 Å². The van der Waals surface area contributed by atoms with Gasteiger partial charge in [0.1, 0.15) is 5.82 Å². The minimum Gasteiger partial charge on any atom is -0.395 e. The topological polar surface area (TPSA) is 41.3 Å². The number of anilines is 2. The highest BCUT2D eigenvalue weighted by atomic mass is 19.1. The number of hydrogen-bond donors (Lipinski definition) is 2. The van der Waals surface area contributed by atoms with Crippen molar-refractivity contribution in [3.05, 3.63) is 24.0 Å². The number of halogens is 1. The van der Waals surface area contributed by atoms with Crippen LogP contribution in [-0.4, -0.2) is 31.1 Å². The molecular weight excluding hydrogens is 229 g/mol. The van der Waals surface area contributed by atoms with Crippen molar-refractivity contribution in [3.63, 3.8) is 0 Å². The van der Waals surface area contributed by atoms with Gasteiger partial charge < -0.3 is 16.0 Å². The third-order valence-corrected chi connectivity index (χ3v) is 3.50. The van der Waals surface area contributed by atoms with Crippen LogP contribution in [0.5, 0.6) is 0 Å². The molecule has 0 bridgehead atoms. The maximum Gasteiger partial charge on any atom is 0.148 e. The Labute approximate surface area is 108 Å². The van der Waals surface area contributed by atoms with E-state index >= 15 is 0 Å². The average Bonchev–Trinajstić information content (AvgIpc) is 2.63. The van der Waals surface area contributed by atoms with E-state index in [1.54, 1.807) is 6.07 Å². The highest BCUT2D eigenvalue weighted by molar-refractivity contribution is 5.66. The van der Waals surface area contributed by atoms with Crippen molar-refractivity contribution in [1.29, 1.82) is 0 Å². The van der Waals surface area contributed by atoms with Gasteiger partial charge in [0.2, 0.25) is 0 Å². The minimum absolute atomic E-state index is 0.216. The first-order chi connectivity index (χ1) is 8.77. The Bertz CT molecular complexity index is 373. The van der Waals surface area contributed by atoms with Crippen LogP contribution in [0.1, 0.15) is 25.7 Å². The number of hydrogen-bond acceptors (Lipinski definition) is 3. The molecular formula is C14H22FN3. The summed E-state index contributed by atoms with van der Waals surface area (Å²) in [6, 6.07) is 4.89. The van der Waals surface area contributed by atoms with E-state index in [9.17, 15) is 4.39 Å². The van der Waals surface area contributed by atoms with E-state index in [0.29, 0.717) is 5.69 Å². The number of nitrogens with one attached hydrogen (secondary N) is 1. The number of nitrogen functional groups attached to an aromatic ring is 1. The first-order valence-electron chi connectivity index (χ1n) is 6.77. The summed E-state index contributed by atoms with van der Waals surface area (Å²) in [6.45, 7) is 4.17. The first-order valence-corrected chi connectivity index (χ1v) is 6.77.